The highest BCUT2D eigenvalue weighted by molar-refractivity contribution is 7.98. The second-order valence-corrected chi connectivity index (χ2v) is 9.43. The smallest absolute Gasteiger partial charge is 0.409 e. The van der Waals surface area contributed by atoms with Gasteiger partial charge in [0.2, 0.25) is 0 Å². The van der Waals surface area contributed by atoms with Crippen LogP contribution in [0.1, 0.15) is 33.8 Å². The van der Waals surface area contributed by atoms with Gasteiger partial charge in [0.05, 0.1) is 18.0 Å². The summed E-state index contributed by atoms with van der Waals surface area (Å²) in [5.74, 6) is 1.31. The van der Waals surface area contributed by atoms with Crippen molar-refractivity contribution in [2.75, 3.05) is 32.8 Å². The molecule has 0 spiro atoms. The Morgan fingerprint density at radius 1 is 1.09 bits per heavy atom. The van der Waals surface area contributed by atoms with E-state index in [1.54, 1.807) is 33.9 Å². The van der Waals surface area contributed by atoms with Crippen LogP contribution in [0.15, 0.2) is 34.8 Å². The van der Waals surface area contributed by atoms with Gasteiger partial charge in [-0.1, -0.05) is 30.0 Å². The maximum atomic E-state index is 12.9. The van der Waals surface area contributed by atoms with Gasteiger partial charge in [-0.15, -0.1) is 21.5 Å². The zero-order valence-corrected chi connectivity index (χ0v) is 20.5. The molecular weight excluding hydrogens is 460 g/mol. The molecule has 11 heteroatoms. The van der Waals surface area contributed by atoms with E-state index in [0.29, 0.717) is 44.2 Å². The quantitative estimate of drug-likeness (QED) is 0.492. The predicted octanol–water partition coefficient (Wildman–Crippen LogP) is 3.55. The molecule has 1 aliphatic rings. The van der Waals surface area contributed by atoms with Gasteiger partial charge in [0, 0.05) is 31.6 Å². The molecule has 1 aliphatic heterocycles. The minimum Gasteiger partial charge on any atom is -0.450 e. The van der Waals surface area contributed by atoms with Crippen LogP contribution >= 0.6 is 23.1 Å². The number of nitrogens with zero attached hydrogens (tertiary/aromatic N) is 6. The number of hydrogen-bond donors (Lipinski definition) is 0. The Hall–Kier alpha value is -2.92. The molecule has 0 aliphatic carbocycles. The van der Waals surface area contributed by atoms with E-state index < -0.39 is 0 Å². The fourth-order valence-corrected chi connectivity index (χ4v) is 5.38. The topological polar surface area (TPSA) is 93.5 Å². The van der Waals surface area contributed by atoms with Gasteiger partial charge < -0.3 is 14.5 Å². The molecule has 3 aromatic rings. The maximum Gasteiger partial charge on any atom is 0.409 e. The van der Waals surface area contributed by atoms with Crippen LogP contribution in [-0.4, -0.2) is 74.3 Å². The van der Waals surface area contributed by atoms with E-state index in [2.05, 4.69) is 34.2 Å². The number of aryl methyl sites for hydroxylation is 2. The Bertz CT molecular complexity index is 1140. The first-order valence-electron chi connectivity index (χ1n) is 10.7. The SMILES string of the molecule is CCOC(=O)N1CCN(C(=O)c2csc(CSc3nnc(C)n3-c3ccccc3C)n2)CC1. The average molecular weight is 487 g/mol. The van der Waals surface area contributed by atoms with Gasteiger partial charge in [-0.05, 0) is 32.4 Å². The highest BCUT2D eigenvalue weighted by Crippen LogP contribution is 2.27. The van der Waals surface area contributed by atoms with Gasteiger partial charge in [0.25, 0.3) is 5.91 Å². The lowest BCUT2D eigenvalue weighted by atomic mass is 10.2. The van der Waals surface area contributed by atoms with Crippen LogP contribution in [0.25, 0.3) is 5.69 Å². The second kappa shape index (κ2) is 10.3. The molecule has 0 atom stereocenters. The summed E-state index contributed by atoms with van der Waals surface area (Å²) in [7, 11) is 0. The highest BCUT2D eigenvalue weighted by atomic mass is 32.2. The lowest BCUT2D eigenvalue weighted by molar-refractivity contribution is 0.0566. The number of thiazole rings is 1. The zero-order chi connectivity index (χ0) is 23.4. The Morgan fingerprint density at radius 2 is 1.82 bits per heavy atom. The van der Waals surface area contributed by atoms with Crippen LogP contribution in [0, 0.1) is 13.8 Å². The molecular formula is C22H26N6O3S2. The lowest BCUT2D eigenvalue weighted by Gasteiger charge is -2.33. The molecule has 0 saturated carbocycles. The molecule has 33 heavy (non-hydrogen) atoms. The van der Waals surface area contributed by atoms with E-state index >= 15 is 0 Å². The number of carbonyl (C=O) groups excluding carboxylic acids is 2. The van der Waals surface area contributed by atoms with E-state index in [1.807, 2.05) is 23.6 Å². The zero-order valence-electron chi connectivity index (χ0n) is 18.9. The molecule has 1 fully saturated rings. The summed E-state index contributed by atoms with van der Waals surface area (Å²) in [6.45, 7) is 7.99. The van der Waals surface area contributed by atoms with Crippen molar-refractivity contribution >= 4 is 35.1 Å². The number of carbonyl (C=O) groups is 2. The normalized spacial score (nSPS) is 13.9. The number of piperazine rings is 1. The van der Waals surface area contributed by atoms with E-state index in [-0.39, 0.29) is 12.0 Å². The lowest BCUT2D eigenvalue weighted by Crippen LogP contribution is -2.50. The number of benzene rings is 1. The maximum absolute atomic E-state index is 12.9. The summed E-state index contributed by atoms with van der Waals surface area (Å²) in [5, 5.41) is 12.0. The first-order valence-corrected chi connectivity index (χ1v) is 12.6. The Kier molecular flexibility index (Phi) is 7.29. The molecule has 0 N–H and O–H groups in total. The number of para-hydroxylation sites is 1. The average Bonchev–Trinajstić information content (AvgIpc) is 3.44. The van der Waals surface area contributed by atoms with Gasteiger partial charge in [-0.3, -0.25) is 9.36 Å². The third-order valence-corrected chi connectivity index (χ3v) is 7.31. The van der Waals surface area contributed by atoms with Crippen molar-refractivity contribution < 1.29 is 14.3 Å². The Morgan fingerprint density at radius 3 is 2.55 bits per heavy atom. The predicted molar refractivity (Wildman–Crippen MR) is 127 cm³/mol. The van der Waals surface area contributed by atoms with Crippen LogP contribution in [-0.2, 0) is 10.5 Å². The molecule has 1 aromatic carbocycles. The number of rotatable bonds is 6. The number of amides is 2. The summed E-state index contributed by atoms with van der Waals surface area (Å²) < 4.78 is 7.08. The molecule has 2 aromatic heterocycles. The van der Waals surface area contributed by atoms with Crippen LogP contribution in [0.2, 0.25) is 0 Å². The molecule has 1 saturated heterocycles. The molecule has 3 heterocycles. The fourth-order valence-electron chi connectivity index (χ4n) is 3.60. The van der Waals surface area contributed by atoms with Crippen LogP contribution in [0.4, 0.5) is 4.79 Å². The number of hydrogen-bond acceptors (Lipinski definition) is 8. The fraction of sp³-hybridized carbons (Fsp3) is 0.409. The van der Waals surface area contributed by atoms with Crippen molar-refractivity contribution in [1.82, 2.24) is 29.5 Å². The van der Waals surface area contributed by atoms with Crippen molar-refractivity contribution in [1.29, 1.82) is 0 Å². The van der Waals surface area contributed by atoms with Gasteiger partial charge in [-0.2, -0.15) is 0 Å². The third kappa shape index (κ3) is 5.19. The van der Waals surface area contributed by atoms with E-state index in [4.69, 9.17) is 4.74 Å². The van der Waals surface area contributed by atoms with Crippen molar-refractivity contribution in [3.63, 3.8) is 0 Å². The molecule has 9 nitrogen and oxygen atoms in total. The Labute approximate surface area is 200 Å². The molecule has 0 unspecified atom stereocenters. The Balaban J connectivity index is 1.37. The van der Waals surface area contributed by atoms with Crippen LogP contribution in [0.5, 0.6) is 0 Å². The molecule has 174 valence electrons. The van der Waals surface area contributed by atoms with Gasteiger partial charge in [0.1, 0.15) is 16.5 Å². The van der Waals surface area contributed by atoms with E-state index in [0.717, 1.165) is 27.2 Å². The summed E-state index contributed by atoms with van der Waals surface area (Å²) in [6, 6.07) is 8.13. The van der Waals surface area contributed by atoms with Gasteiger partial charge in [-0.25, -0.2) is 9.78 Å². The first kappa shape index (κ1) is 23.2. The monoisotopic (exact) mass is 486 g/mol. The van der Waals surface area contributed by atoms with Crippen molar-refractivity contribution in [3.8, 4) is 5.69 Å². The first-order chi connectivity index (χ1) is 16.0. The second-order valence-electron chi connectivity index (χ2n) is 7.55. The molecule has 4 rings (SSSR count). The van der Waals surface area contributed by atoms with Crippen molar-refractivity contribution in [2.24, 2.45) is 0 Å². The summed E-state index contributed by atoms with van der Waals surface area (Å²) >= 11 is 3.01. The van der Waals surface area contributed by atoms with Gasteiger partial charge >= 0.3 is 6.09 Å². The van der Waals surface area contributed by atoms with E-state index in [9.17, 15) is 9.59 Å². The standard InChI is InChI=1S/C22H26N6O3S2/c1-4-31-22(30)27-11-9-26(10-12-27)20(29)17-13-32-19(23-17)14-33-21-25-24-16(3)28(21)18-8-6-5-7-15(18)2/h5-8,13H,4,9-12,14H2,1-3H3. The summed E-state index contributed by atoms with van der Waals surface area (Å²) in [4.78, 5) is 32.6. The summed E-state index contributed by atoms with van der Waals surface area (Å²) in [5.41, 5.74) is 2.64. The minimum absolute atomic E-state index is 0.107. The highest BCUT2D eigenvalue weighted by Gasteiger charge is 2.26. The summed E-state index contributed by atoms with van der Waals surface area (Å²) in [6.07, 6.45) is -0.327. The number of ether oxygens (including phenoxy) is 1. The molecule has 0 bridgehead atoms. The third-order valence-electron chi connectivity index (χ3n) is 5.34. The van der Waals surface area contributed by atoms with Gasteiger partial charge in [0.15, 0.2) is 5.16 Å². The van der Waals surface area contributed by atoms with Crippen molar-refractivity contribution in [2.45, 2.75) is 31.7 Å². The minimum atomic E-state index is -0.327. The van der Waals surface area contributed by atoms with E-state index in [1.165, 1.54) is 11.3 Å². The largest absolute Gasteiger partial charge is 0.450 e. The molecule has 2 amide bonds. The number of thioether (sulfide) groups is 1. The number of aromatic nitrogens is 4. The van der Waals surface area contributed by atoms with Crippen LogP contribution in [0.3, 0.4) is 0 Å². The van der Waals surface area contributed by atoms with Crippen LogP contribution < -0.4 is 0 Å². The van der Waals surface area contributed by atoms with Crippen molar-refractivity contribution in [3.05, 3.63) is 51.7 Å². The molecule has 0 radical (unpaired) electrons.